The number of nitrogens with one attached hydrogen (secondary N) is 2. The van der Waals surface area contributed by atoms with E-state index in [1.807, 2.05) is 20.8 Å². The molecule has 2 rings (SSSR count). The molecule has 2 aromatic rings. The van der Waals surface area contributed by atoms with Gasteiger partial charge in [0.05, 0.1) is 17.1 Å². The van der Waals surface area contributed by atoms with Gasteiger partial charge in [0.2, 0.25) is 0 Å². The number of ether oxygens (including phenoxy) is 2. The van der Waals surface area contributed by atoms with Crippen LogP contribution in [0.4, 0.5) is 5.69 Å². The van der Waals surface area contributed by atoms with Crippen LogP contribution in [0, 0.1) is 0 Å². The molecule has 168 valence electrons. The predicted octanol–water partition coefficient (Wildman–Crippen LogP) is 3.35. The Hall–Kier alpha value is -3.07. The number of hydrogen-bond acceptors (Lipinski definition) is 6. The minimum Gasteiger partial charge on any atom is -0.494 e. The fourth-order valence-corrected chi connectivity index (χ4v) is 3.81. The standard InChI is InChI=1S/C22H28N2O6S/c1-4-17(5-2)23-21(25)15-30-22(26)16-7-9-18(10-8-16)24-31(27,28)20-13-11-19(12-14-20)29-6-3/h7-14,17,24H,4-6,15H2,1-3H3,(H,23,25). The van der Waals surface area contributed by atoms with Gasteiger partial charge in [-0.2, -0.15) is 0 Å². The van der Waals surface area contributed by atoms with Crippen molar-refractivity contribution in [1.82, 2.24) is 5.32 Å². The van der Waals surface area contributed by atoms with E-state index in [1.165, 1.54) is 36.4 Å². The molecule has 0 spiro atoms. The maximum absolute atomic E-state index is 12.5. The van der Waals surface area contributed by atoms with E-state index in [4.69, 9.17) is 9.47 Å². The molecule has 31 heavy (non-hydrogen) atoms. The SMILES string of the molecule is CCOc1ccc(S(=O)(=O)Nc2ccc(C(=O)OCC(=O)NC(CC)CC)cc2)cc1. The normalized spacial score (nSPS) is 11.1. The van der Waals surface area contributed by atoms with Crippen molar-refractivity contribution in [3.63, 3.8) is 0 Å². The van der Waals surface area contributed by atoms with Crippen LogP contribution in [0.1, 0.15) is 44.0 Å². The molecule has 1 amide bonds. The van der Waals surface area contributed by atoms with E-state index in [-0.39, 0.29) is 34.7 Å². The average molecular weight is 449 g/mol. The van der Waals surface area contributed by atoms with Crippen molar-refractivity contribution in [3.05, 3.63) is 54.1 Å². The lowest BCUT2D eigenvalue weighted by molar-refractivity contribution is -0.125. The van der Waals surface area contributed by atoms with Crippen molar-refractivity contribution < 1.29 is 27.5 Å². The monoisotopic (exact) mass is 448 g/mol. The summed E-state index contributed by atoms with van der Waals surface area (Å²) in [6.45, 7) is 5.89. The molecule has 0 saturated heterocycles. The number of rotatable bonds is 11. The summed E-state index contributed by atoms with van der Waals surface area (Å²) in [7, 11) is -3.79. The second-order valence-corrected chi connectivity index (χ2v) is 8.43. The Labute approximate surface area is 183 Å². The lowest BCUT2D eigenvalue weighted by atomic mass is 10.2. The highest BCUT2D eigenvalue weighted by Crippen LogP contribution is 2.20. The number of anilines is 1. The zero-order valence-electron chi connectivity index (χ0n) is 17.9. The number of sulfonamides is 1. The Morgan fingerprint density at radius 1 is 0.935 bits per heavy atom. The van der Waals surface area contributed by atoms with Crippen LogP contribution in [-0.4, -0.2) is 39.5 Å². The summed E-state index contributed by atoms with van der Waals surface area (Å²) in [6, 6.07) is 11.9. The number of carbonyl (C=O) groups excluding carboxylic acids is 2. The molecule has 0 radical (unpaired) electrons. The molecule has 0 bridgehead atoms. The minimum atomic E-state index is -3.79. The molecule has 0 aliphatic carbocycles. The number of carbonyl (C=O) groups is 2. The summed E-state index contributed by atoms with van der Waals surface area (Å²) >= 11 is 0. The zero-order chi connectivity index (χ0) is 22.9. The predicted molar refractivity (Wildman–Crippen MR) is 118 cm³/mol. The fraction of sp³-hybridized carbons (Fsp3) is 0.364. The van der Waals surface area contributed by atoms with Crippen molar-refractivity contribution in [2.24, 2.45) is 0 Å². The maximum Gasteiger partial charge on any atom is 0.338 e. The summed E-state index contributed by atoms with van der Waals surface area (Å²) < 4.78 is 37.8. The topological polar surface area (TPSA) is 111 Å². The third-order valence-electron chi connectivity index (χ3n) is 4.50. The van der Waals surface area contributed by atoms with Crippen molar-refractivity contribution in [2.45, 2.75) is 44.6 Å². The fourth-order valence-electron chi connectivity index (χ4n) is 2.75. The third kappa shape index (κ3) is 7.29. The molecule has 2 aromatic carbocycles. The molecule has 0 atom stereocenters. The van der Waals surface area contributed by atoms with Gasteiger partial charge in [0, 0.05) is 11.7 Å². The number of hydrogen-bond donors (Lipinski definition) is 2. The first-order valence-electron chi connectivity index (χ1n) is 10.1. The molecule has 9 heteroatoms. The van der Waals surface area contributed by atoms with Gasteiger partial charge in [0.15, 0.2) is 6.61 Å². The highest BCUT2D eigenvalue weighted by Gasteiger charge is 2.16. The van der Waals surface area contributed by atoms with Crippen LogP contribution >= 0.6 is 0 Å². The summed E-state index contributed by atoms with van der Waals surface area (Å²) in [5.41, 5.74) is 0.497. The van der Waals surface area contributed by atoms with Gasteiger partial charge >= 0.3 is 5.97 Å². The van der Waals surface area contributed by atoms with Gasteiger partial charge in [-0.1, -0.05) is 13.8 Å². The van der Waals surface area contributed by atoms with Gasteiger partial charge in [-0.3, -0.25) is 9.52 Å². The van der Waals surface area contributed by atoms with Crippen molar-refractivity contribution in [2.75, 3.05) is 17.9 Å². The second-order valence-electron chi connectivity index (χ2n) is 6.74. The van der Waals surface area contributed by atoms with E-state index in [0.717, 1.165) is 12.8 Å². The summed E-state index contributed by atoms with van der Waals surface area (Å²) in [5, 5.41) is 2.78. The molecule has 0 saturated carbocycles. The molecule has 0 heterocycles. The smallest absolute Gasteiger partial charge is 0.338 e. The van der Waals surface area contributed by atoms with Crippen LogP contribution in [0.15, 0.2) is 53.4 Å². The molecule has 8 nitrogen and oxygen atoms in total. The number of esters is 1. The lowest BCUT2D eigenvalue weighted by Gasteiger charge is -2.14. The molecular weight excluding hydrogens is 420 g/mol. The zero-order valence-corrected chi connectivity index (χ0v) is 18.7. The Morgan fingerprint density at radius 2 is 1.55 bits per heavy atom. The van der Waals surface area contributed by atoms with Crippen molar-refractivity contribution >= 4 is 27.6 Å². The van der Waals surface area contributed by atoms with Crippen LogP contribution in [0.3, 0.4) is 0 Å². The van der Waals surface area contributed by atoms with Gasteiger partial charge < -0.3 is 14.8 Å². The highest BCUT2D eigenvalue weighted by molar-refractivity contribution is 7.92. The Morgan fingerprint density at radius 3 is 2.10 bits per heavy atom. The summed E-state index contributed by atoms with van der Waals surface area (Å²) in [4.78, 5) is 24.0. The van der Waals surface area contributed by atoms with E-state index >= 15 is 0 Å². The van der Waals surface area contributed by atoms with Crippen LogP contribution < -0.4 is 14.8 Å². The highest BCUT2D eigenvalue weighted by atomic mass is 32.2. The van der Waals surface area contributed by atoms with E-state index < -0.39 is 16.0 Å². The van der Waals surface area contributed by atoms with E-state index in [1.54, 1.807) is 12.1 Å². The molecule has 0 fully saturated rings. The molecule has 0 aliphatic heterocycles. The van der Waals surface area contributed by atoms with Crippen molar-refractivity contribution in [1.29, 1.82) is 0 Å². The molecular formula is C22H28N2O6S. The van der Waals surface area contributed by atoms with Crippen LogP contribution in [0.2, 0.25) is 0 Å². The van der Waals surface area contributed by atoms with Crippen LogP contribution in [0.5, 0.6) is 5.75 Å². The summed E-state index contributed by atoms with van der Waals surface area (Å²) in [6.07, 6.45) is 1.59. The van der Waals surface area contributed by atoms with Crippen LogP contribution in [0.25, 0.3) is 0 Å². The second kappa shape index (κ2) is 11.4. The number of benzene rings is 2. The summed E-state index contributed by atoms with van der Waals surface area (Å²) in [5.74, 6) is -0.444. The van der Waals surface area contributed by atoms with Crippen LogP contribution in [-0.2, 0) is 19.6 Å². The first-order valence-corrected chi connectivity index (χ1v) is 11.6. The van der Waals surface area contributed by atoms with E-state index in [0.29, 0.717) is 12.4 Å². The Bertz CT molecular complexity index is 968. The average Bonchev–Trinajstić information content (AvgIpc) is 2.76. The third-order valence-corrected chi connectivity index (χ3v) is 5.90. The van der Waals surface area contributed by atoms with Crippen molar-refractivity contribution in [3.8, 4) is 5.75 Å². The quantitative estimate of drug-likeness (QED) is 0.510. The van der Waals surface area contributed by atoms with Gasteiger partial charge in [0.1, 0.15) is 5.75 Å². The first kappa shape index (κ1) is 24.2. The molecule has 0 unspecified atom stereocenters. The van der Waals surface area contributed by atoms with Gasteiger partial charge in [0.25, 0.3) is 15.9 Å². The van der Waals surface area contributed by atoms with E-state index in [9.17, 15) is 18.0 Å². The van der Waals surface area contributed by atoms with Gasteiger partial charge in [-0.25, -0.2) is 13.2 Å². The minimum absolute atomic E-state index is 0.0499. The van der Waals surface area contributed by atoms with E-state index in [2.05, 4.69) is 10.0 Å². The largest absolute Gasteiger partial charge is 0.494 e. The lowest BCUT2D eigenvalue weighted by Crippen LogP contribution is -2.36. The molecule has 2 N–H and O–H groups in total. The molecule has 0 aromatic heterocycles. The maximum atomic E-state index is 12.5. The van der Waals surface area contributed by atoms with Gasteiger partial charge in [-0.05, 0) is 68.3 Å². The Kier molecular flexibility index (Phi) is 8.87. The molecule has 0 aliphatic rings. The first-order chi connectivity index (χ1) is 14.8. The number of amides is 1. The Balaban J connectivity index is 1.94. The van der Waals surface area contributed by atoms with Gasteiger partial charge in [-0.15, -0.1) is 0 Å².